The van der Waals surface area contributed by atoms with Gasteiger partial charge in [-0.2, -0.15) is 16.8 Å². The highest BCUT2D eigenvalue weighted by atomic mass is 32.3. The molecule has 2 fully saturated rings. The van der Waals surface area contributed by atoms with Gasteiger partial charge < -0.3 is 114 Å². The van der Waals surface area contributed by atoms with Crippen molar-refractivity contribution in [3.05, 3.63) is 190 Å². The van der Waals surface area contributed by atoms with Gasteiger partial charge in [0.1, 0.15) is 59.7 Å². The van der Waals surface area contributed by atoms with Crippen molar-refractivity contribution >= 4 is 78.6 Å². The van der Waals surface area contributed by atoms with Gasteiger partial charge in [0.05, 0.1) is 116 Å². The molecule has 11 rings (SSSR count). The third kappa shape index (κ3) is 26.7. The molecule has 3 aliphatic rings. The Morgan fingerprint density at radius 1 is 0.500 bits per heavy atom. The van der Waals surface area contributed by atoms with Crippen molar-refractivity contribution < 1.29 is 148 Å². The number of methoxy groups -OCH3 is 8. The van der Waals surface area contributed by atoms with Gasteiger partial charge >= 0.3 is 30.6 Å². The number of nitrogens with one attached hydrogen (secondary N) is 2. The van der Waals surface area contributed by atoms with E-state index in [0.717, 1.165) is 25.0 Å². The number of carbonyl (C=O) groups is 4. The maximum atomic E-state index is 14.5. The van der Waals surface area contributed by atoms with Crippen molar-refractivity contribution in [2.75, 3.05) is 116 Å². The predicted octanol–water partition coefficient (Wildman–Crippen LogP) is 6.79. The number of ether oxygens (including phenoxy) is 14. The Morgan fingerprint density at radius 2 is 1.02 bits per heavy atom. The van der Waals surface area contributed by atoms with Gasteiger partial charge in [0.15, 0.2) is 57.5 Å². The Balaban J connectivity index is 0.715. The van der Waals surface area contributed by atoms with Crippen LogP contribution in [0.4, 0.5) is 0 Å². The van der Waals surface area contributed by atoms with Gasteiger partial charge in [0.25, 0.3) is 17.7 Å². The van der Waals surface area contributed by atoms with Crippen LogP contribution in [0.5, 0.6) is 80.5 Å². The molecule has 8 aromatic rings. The van der Waals surface area contributed by atoms with Crippen LogP contribution >= 0.6 is 0 Å². The van der Waals surface area contributed by atoms with Crippen molar-refractivity contribution in [2.45, 2.75) is 87.7 Å². The summed E-state index contributed by atoms with van der Waals surface area (Å²) >= 11 is 0. The van der Waals surface area contributed by atoms with Crippen LogP contribution in [0.2, 0.25) is 0 Å². The van der Waals surface area contributed by atoms with E-state index in [0.29, 0.717) is 93.9 Å². The molecule has 2 aliphatic heterocycles. The highest BCUT2D eigenvalue weighted by Crippen LogP contribution is 2.43. The SMILES string of the molecule is COc1ccc(/C=C\c2cc(OC)c(OC)c(OC)c2)cc1OS(=O)(=O)Cc1ccc(OCc2ccc(OS(=O)(=O)Oc3cc(C(=O)NCCOCCn4cc(COCCOCCNC(=O)C5CCC(CN6C(=O)C=CC6=O)CC5)nn4)ccc3OC3O[C@@H](CO)[C@@H](O)[C@@H](O)[C@@H]3O)cc2)c(CS(=O)(=O)Oc2cc(/C=C\c3cc(OC)c(OC)c(OC)c3)ccc2OC)c1. The number of carbonyl (C=O) groups excluding carboxylic acids is 4. The first-order valence-corrected chi connectivity index (χ1v) is 44.5. The average Bonchev–Trinajstić information content (AvgIpc) is 0.811. The molecule has 0 spiro atoms. The Morgan fingerprint density at radius 3 is 1.59 bits per heavy atom. The molecule has 3 heterocycles. The standard InChI is InChI=1S/C87H100N6O32S3/c1-108-67-26-17-54(9-11-58-42-73(110-3)83(114-7)74(43-58)111-4)40-70(67)123-126(102,103)52-60-19-25-66(63(39-60)53-127(104,105)124-71-41-55(18-27-68(71)109-2)10-12-59-44-75(112-5)84(115-8)76(45-59)113-6)119-50-57-15-23-65(24-16-57)122-128(106,107)125-72-46-62(22-28-69(72)120-87-82(99)81(98)80(97)77(49-94)121-87)86(101)89-31-34-116-36-33-92-48-64(90-91-92)51-118-38-37-117-35-32-88-85(100)61-20-13-56(14-21-61)47-93-78(95)29-30-79(93)96/h9-12,15-19,22-30,39-46,48,56,61,77,80-82,87,94,97-99H,13-14,20-21,31-38,47,49-53H2,1-8H3,(H,88,100)(H,89,101)/b11-9-,12-10-/t56?,61?,77-,80+,81+,82-,87?/m0/s1. The lowest BCUT2D eigenvalue weighted by Crippen LogP contribution is -2.60. The van der Waals surface area contributed by atoms with Crippen molar-refractivity contribution in [2.24, 2.45) is 11.8 Å². The first-order valence-electron chi connectivity index (χ1n) is 40.0. The zero-order chi connectivity index (χ0) is 91.7. The molecule has 1 aliphatic carbocycles. The predicted molar refractivity (Wildman–Crippen MR) is 459 cm³/mol. The minimum atomic E-state index is -5.22. The number of rotatable bonds is 48. The lowest BCUT2D eigenvalue weighted by molar-refractivity contribution is -0.277. The number of amides is 4. The fourth-order valence-corrected chi connectivity index (χ4v) is 16.6. The van der Waals surface area contributed by atoms with E-state index in [2.05, 4.69) is 20.9 Å². The molecule has 1 saturated heterocycles. The minimum absolute atomic E-state index is 0.00478. The summed E-state index contributed by atoms with van der Waals surface area (Å²) in [5, 5.41) is 55.6. The number of hydrogen-bond acceptors (Lipinski definition) is 34. The fraction of sp³-hybridized carbons (Fsp3) is 0.379. The first-order chi connectivity index (χ1) is 61.5. The summed E-state index contributed by atoms with van der Waals surface area (Å²) in [5.74, 6) is -2.67. The van der Waals surface area contributed by atoms with Crippen molar-refractivity contribution in [3.63, 3.8) is 0 Å². The van der Waals surface area contributed by atoms with Crippen LogP contribution in [0, 0.1) is 11.8 Å². The summed E-state index contributed by atoms with van der Waals surface area (Å²) in [4.78, 5) is 51.5. The van der Waals surface area contributed by atoms with Crippen molar-refractivity contribution in [3.8, 4) is 80.5 Å². The van der Waals surface area contributed by atoms with Gasteiger partial charge in [-0.25, -0.2) is 4.68 Å². The molecule has 128 heavy (non-hydrogen) atoms. The van der Waals surface area contributed by atoms with E-state index in [1.807, 2.05) is 0 Å². The van der Waals surface area contributed by atoms with E-state index in [4.69, 9.17) is 83.0 Å². The second-order valence-corrected chi connectivity index (χ2v) is 33.3. The zero-order valence-corrected chi connectivity index (χ0v) is 73.5. The van der Waals surface area contributed by atoms with Gasteiger partial charge in [0, 0.05) is 48.8 Å². The Bertz CT molecular complexity index is 5560. The molecular formula is C87H100N6O32S3. The van der Waals surface area contributed by atoms with Crippen LogP contribution in [-0.2, 0) is 95.2 Å². The maximum Gasteiger partial charge on any atom is 0.501 e. The monoisotopic (exact) mass is 1840 g/mol. The van der Waals surface area contributed by atoms with Crippen molar-refractivity contribution in [1.29, 1.82) is 0 Å². The second kappa shape index (κ2) is 45.4. The molecule has 0 radical (unpaired) electrons. The minimum Gasteiger partial charge on any atom is -0.493 e. The van der Waals surface area contributed by atoms with Crippen molar-refractivity contribution in [1.82, 2.24) is 30.5 Å². The van der Waals surface area contributed by atoms with Gasteiger partial charge in [0.2, 0.25) is 23.7 Å². The normalized spacial score (nSPS) is 17.7. The van der Waals surface area contributed by atoms with Gasteiger partial charge in [-0.3, -0.25) is 24.1 Å². The zero-order valence-electron chi connectivity index (χ0n) is 71.1. The molecule has 6 N–H and O–H groups in total. The van der Waals surface area contributed by atoms with E-state index >= 15 is 0 Å². The number of aromatic nitrogens is 3. The number of nitrogens with zero attached hydrogens (tertiary/aromatic N) is 4. The van der Waals surface area contributed by atoms with E-state index < -0.39 is 96.9 Å². The fourth-order valence-electron chi connectivity index (χ4n) is 13.7. The van der Waals surface area contributed by atoms with E-state index in [1.54, 1.807) is 66.9 Å². The lowest BCUT2D eigenvalue weighted by Gasteiger charge is -2.39. The van der Waals surface area contributed by atoms with Crippen LogP contribution in [-0.4, -0.2) is 236 Å². The summed E-state index contributed by atoms with van der Waals surface area (Å²) in [7, 11) is -3.05. The van der Waals surface area contributed by atoms with Crippen LogP contribution in [0.15, 0.2) is 140 Å². The average molecular weight is 1840 g/mol. The summed E-state index contributed by atoms with van der Waals surface area (Å²) in [6, 6.07) is 28.6. The molecule has 5 atom stereocenters. The summed E-state index contributed by atoms with van der Waals surface area (Å²) in [6.45, 7) is 0.835. The molecule has 1 unspecified atom stereocenters. The Kier molecular flexibility index (Phi) is 34.2. The number of imide groups is 1. The number of hydrogen-bond donors (Lipinski definition) is 6. The molecule has 38 nitrogen and oxygen atoms in total. The van der Waals surface area contributed by atoms with Crippen LogP contribution < -0.4 is 74.7 Å². The third-order valence-corrected chi connectivity index (χ3v) is 23.2. The van der Waals surface area contributed by atoms with E-state index in [9.17, 15) is 64.9 Å². The largest absolute Gasteiger partial charge is 0.501 e. The third-order valence-electron chi connectivity index (χ3n) is 20.2. The number of benzene rings is 7. The van der Waals surface area contributed by atoms with E-state index in [-0.39, 0.29) is 140 Å². The molecule has 7 aromatic carbocycles. The second-order valence-electron chi connectivity index (χ2n) is 29.0. The molecule has 41 heteroatoms. The molecule has 1 saturated carbocycles. The van der Waals surface area contributed by atoms with Crippen LogP contribution in [0.25, 0.3) is 24.3 Å². The smallest absolute Gasteiger partial charge is 0.493 e. The highest BCUT2D eigenvalue weighted by molar-refractivity contribution is 7.86. The van der Waals surface area contributed by atoms with Gasteiger partial charge in [-0.05, 0) is 156 Å². The maximum absolute atomic E-state index is 14.5. The molecule has 688 valence electrons. The lowest BCUT2D eigenvalue weighted by atomic mass is 9.81. The van der Waals surface area contributed by atoms with Crippen LogP contribution in [0.3, 0.4) is 0 Å². The molecule has 1 aromatic heterocycles. The van der Waals surface area contributed by atoms with E-state index in [1.165, 1.54) is 151 Å². The summed E-state index contributed by atoms with van der Waals surface area (Å²) in [6.07, 6.45) is 4.90. The quantitative estimate of drug-likeness (QED) is 0.00988. The number of aliphatic hydroxyl groups excluding tert-OH is 4. The number of aliphatic hydroxyl groups is 4. The first kappa shape index (κ1) is 96.3. The highest BCUT2D eigenvalue weighted by Gasteiger charge is 2.45. The Hall–Kier alpha value is -12.3. The van der Waals surface area contributed by atoms with Crippen LogP contribution in [0.1, 0.15) is 80.7 Å². The molecular weight excluding hydrogens is 1740 g/mol. The van der Waals surface area contributed by atoms with Gasteiger partial charge in [-0.15, -0.1) is 13.5 Å². The summed E-state index contributed by atoms with van der Waals surface area (Å²) < 4.78 is 187. The summed E-state index contributed by atoms with van der Waals surface area (Å²) in [5.41, 5.74) is 2.91. The molecule has 0 bridgehead atoms. The topological polar surface area (TPSA) is 476 Å². The van der Waals surface area contributed by atoms with Gasteiger partial charge in [-0.1, -0.05) is 59.8 Å². The molecule has 4 amide bonds. The Labute approximate surface area is 739 Å².